The summed E-state index contributed by atoms with van der Waals surface area (Å²) in [7, 11) is 0. The standard InChI is InChI=1S/C28H22/c1(3-5-11-23-17-19-25-13-7-9-15-27(25)21-23)2-4-6-12-24-18-20-26-14-8-10-16-28(26)22-24/h1-22H. The Balaban J connectivity index is 1.33. The average Bonchev–Trinajstić information content (AvgIpc) is 2.75. The topological polar surface area (TPSA) is 0 Å². The molecule has 0 aliphatic carbocycles. The third-order valence-electron chi connectivity index (χ3n) is 4.68. The predicted octanol–water partition coefficient (Wildman–Crippen LogP) is 7.83. The van der Waals surface area contributed by atoms with E-state index in [0.717, 1.165) is 0 Å². The zero-order valence-electron chi connectivity index (χ0n) is 15.7. The van der Waals surface area contributed by atoms with Crippen LogP contribution in [0, 0.1) is 0 Å². The van der Waals surface area contributed by atoms with Gasteiger partial charge in [0.15, 0.2) is 0 Å². The van der Waals surface area contributed by atoms with Gasteiger partial charge in [-0.05, 0) is 44.8 Å². The Morgan fingerprint density at radius 2 is 0.750 bits per heavy atom. The maximum Gasteiger partial charge on any atom is -0.0178 e. The van der Waals surface area contributed by atoms with Crippen molar-refractivity contribution < 1.29 is 0 Å². The van der Waals surface area contributed by atoms with Gasteiger partial charge in [0.2, 0.25) is 0 Å². The highest BCUT2D eigenvalue weighted by Gasteiger charge is 1.93. The number of hydrogen-bond acceptors (Lipinski definition) is 0. The first-order valence-corrected chi connectivity index (χ1v) is 9.54. The summed E-state index contributed by atoms with van der Waals surface area (Å²) in [5.41, 5.74) is 2.42. The van der Waals surface area contributed by atoms with Gasteiger partial charge in [0, 0.05) is 0 Å². The quantitative estimate of drug-likeness (QED) is 0.319. The summed E-state index contributed by atoms with van der Waals surface area (Å²) in [6, 6.07) is 29.9. The number of fused-ring (bicyclic) bond motifs is 2. The molecule has 0 heterocycles. The third-order valence-corrected chi connectivity index (χ3v) is 4.68. The van der Waals surface area contributed by atoms with E-state index in [1.165, 1.54) is 32.7 Å². The Morgan fingerprint density at radius 3 is 1.21 bits per heavy atom. The lowest BCUT2D eigenvalue weighted by atomic mass is 10.1. The Morgan fingerprint density at radius 1 is 0.357 bits per heavy atom. The summed E-state index contributed by atoms with van der Waals surface area (Å²) in [5.74, 6) is 0. The highest BCUT2D eigenvalue weighted by atomic mass is 14.0. The van der Waals surface area contributed by atoms with Crippen molar-refractivity contribution in [3.05, 3.63) is 133 Å². The summed E-state index contributed by atoms with van der Waals surface area (Å²) < 4.78 is 0. The Hall–Kier alpha value is -3.64. The van der Waals surface area contributed by atoms with E-state index in [9.17, 15) is 0 Å². The van der Waals surface area contributed by atoms with Crippen LogP contribution in [0.3, 0.4) is 0 Å². The van der Waals surface area contributed by atoms with Gasteiger partial charge in [-0.25, -0.2) is 0 Å². The lowest BCUT2D eigenvalue weighted by Gasteiger charge is -1.98. The largest absolute Gasteiger partial charge is 0.0623 e. The highest BCUT2D eigenvalue weighted by Crippen LogP contribution is 2.17. The predicted molar refractivity (Wildman–Crippen MR) is 124 cm³/mol. The van der Waals surface area contributed by atoms with Crippen LogP contribution in [-0.4, -0.2) is 0 Å². The second kappa shape index (κ2) is 8.83. The molecule has 4 aromatic rings. The normalized spacial score (nSPS) is 12.4. The zero-order chi connectivity index (χ0) is 19.0. The van der Waals surface area contributed by atoms with Crippen LogP contribution in [-0.2, 0) is 0 Å². The van der Waals surface area contributed by atoms with Crippen LogP contribution in [0.25, 0.3) is 33.7 Å². The number of rotatable bonds is 5. The molecule has 0 fully saturated rings. The maximum absolute atomic E-state index is 2.21. The summed E-state index contributed by atoms with van der Waals surface area (Å²) in [4.78, 5) is 0. The van der Waals surface area contributed by atoms with E-state index >= 15 is 0 Å². The summed E-state index contributed by atoms with van der Waals surface area (Å²) in [6.45, 7) is 0. The monoisotopic (exact) mass is 358 g/mol. The van der Waals surface area contributed by atoms with Crippen molar-refractivity contribution in [2.45, 2.75) is 0 Å². The second-order valence-electron chi connectivity index (χ2n) is 6.70. The molecule has 0 atom stereocenters. The smallest absolute Gasteiger partial charge is 0.0178 e. The van der Waals surface area contributed by atoms with Crippen molar-refractivity contribution >= 4 is 33.7 Å². The van der Waals surface area contributed by atoms with Gasteiger partial charge < -0.3 is 0 Å². The number of hydrogen-bond donors (Lipinski definition) is 0. The second-order valence-corrected chi connectivity index (χ2v) is 6.70. The minimum absolute atomic E-state index is 1.21. The molecule has 0 amide bonds. The number of benzene rings is 4. The van der Waals surface area contributed by atoms with Crippen LogP contribution < -0.4 is 0 Å². The summed E-state index contributed by atoms with van der Waals surface area (Å²) in [6.07, 6.45) is 16.6. The average molecular weight is 358 g/mol. The van der Waals surface area contributed by atoms with Crippen LogP contribution in [0.2, 0.25) is 0 Å². The van der Waals surface area contributed by atoms with E-state index in [1.54, 1.807) is 0 Å². The van der Waals surface area contributed by atoms with Gasteiger partial charge >= 0.3 is 0 Å². The molecular weight excluding hydrogens is 336 g/mol. The lowest BCUT2D eigenvalue weighted by molar-refractivity contribution is 1.70. The van der Waals surface area contributed by atoms with Crippen molar-refractivity contribution in [2.75, 3.05) is 0 Å². The van der Waals surface area contributed by atoms with E-state index in [4.69, 9.17) is 0 Å². The minimum atomic E-state index is 1.21. The SMILES string of the molecule is C(C=CC=Cc1ccc2ccccc2c1)=CC=Cc1ccc2ccccc2c1. The first-order chi connectivity index (χ1) is 13.9. The molecule has 0 aliphatic heterocycles. The van der Waals surface area contributed by atoms with E-state index in [2.05, 4.69) is 121 Å². The van der Waals surface area contributed by atoms with Gasteiger partial charge in [-0.15, -0.1) is 0 Å². The van der Waals surface area contributed by atoms with E-state index < -0.39 is 0 Å². The molecule has 134 valence electrons. The molecule has 4 rings (SSSR count). The first-order valence-electron chi connectivity index (χ1n) is 9.54. The van der Waals surface area contributed by atoms with Gasteiger partial charge in [0.25, 0.3) is 0 Å². The van der Waals surface area contributed by atoms with Crippen molar-refractivity contribution in [3.63, 3.8) is 0 Å². The number of allylic oxidation sites excluding steroid dienone is 6. The molecule has 0 spiro atoms. The van der Waals surface area contributed by atoms with Gasteiger partial charge in [0.05, 0.1) is 0 Å². The van der Waals surface area contributed by atoms with E-state index in [-0.39, 0.29) is 0 Å². The van der Waals surface area contributed by atoms with Crippen LogP contribution in [0.4, 0.5) is 0 Å². The summed E-state index contributed by atoms with van der Waals surface area (Å²) >= 11 is 0. The zero-order valence-corrected chi connectivity index (χ0v) is 15.7. The fraction of sp³-hybridized carbons (Fsp3) is 0. The van der Waals surface area contributed by atoms with Crippen LogP contribution in [0.1, 0.15) is 11.1 Å². The van der Waals surface area contributed by atoms with Gasteiger partial charge in [-0.2, -0.15) is 0 Å². The van der Waals surface area contributed by atoms with Crippen LogP contribution >= 0.6 is 0 Å². The maximum atomic E-state index is 2.21. The molecule has 0 saturated heterocycles. The van der Waals surface area contributed by atoms with Crippen molar-refractivity contribution in [1.82, 2.24) is 0 Å². The molecule has 0 heteroatoms. The molecule has 0 aliphatic rings. The highest BCUT2D eigenvalue weighted by molar-refractivity contribution is 5.85. The molecular formula is C28H22. The fourth-order valence-corrected chi connectivity index (χ4v) is 3.21. The fourth-order valence-electron chi connectivity index (χ4n) is 3.21. The summed E-state index contributed by atoms with van der Waals surface area (Å²) in [5, 5.41) is 5.09. The van der Waals surface area contributed by atoms with Gasteiger partial charge in [-0.3, -0.25) is 0 Å². The molecule has 4 aromatic carbocycles. The molecule has 0 aromatic heterocycles. The van der Waals surface area contributed by atoms with Gasteiger partial charge in [0.1, 0.15) is 0 Å². The molecule has 0 N–H and O–H groups in total. The lowest BCUT2D eigenvalue weighted by Crippen LogP contribution is -1.74. The molecule has 0 saturated carbocycles. The molecule has 0 unspecified atom stereocenters. The van der Waals surface area contributed by atoms with Crippen molar-refractivity contribution in [3.8, 4) is 0 Å². The molecule has 0 radical (unpaired) electrons. The Kier molecular flexibility index (Phi) is 5.60. The van der Waals surface area contributed by atoms with Crippen molar-refractivity contribution in [2.24, 2.45) is 0 Å². The third kappa shape index (κ3) is 4.55. The Bertz CT molecular complexity index is 1110. The molecule has 0 bridgehead atoms. The molecule has 28 heavy (non-hydrogen) atoms. The van der Waals surface area contributed by atoms with Gasteiger partial charge in [-0.1, -0.05) is 121 Å². The minimum Gasteiger partial charge on any atom is -0.0623 e. The first kappa shape index (κ1) is 17.8. The van der Waals surface area contributed by atoms with Crippen LogP contribution in [0.15, 0.2) is 121 Å². The van der Waals surface area contributed by atoms with E-state index in [1.807, 2.05) is 12.2 Å². The van der Waals surface area contributed by atoms with E-state index in [0.29, 0.717) is 0 Å². The molecule has 0 nitrogen and oxygen atoms in total. The Labute approximate surface area is 166 Å². The van der Waals surface area contributed by atoms with Crippen LogP contribution in [0.5, 0.6) is 0 Å². The van der Waals surface area contributed by atoms with Crippen molar-refractivity contribution in [1.29, 1.82) is 0 Å².